The van der Waals surface area contributed by atoms with Crippen molar-refractivity contribution in [2.45, 2.75) is 6.92 Å². The zero-order valence-electron chi connectivity index (χ0n) is 13.2. The molecule has 3 aromatic heterocycles. The van der Waals surface area contributed by atoms with Gasteiger partial charge in [-0.2, -0.15) is 5.21 Å². The SMILES string of the molecule is Cc1cccc2nc(C(=O)Nc3ccc(Oc4nn[nH]n4)cc3)cn12. The van der Waals surface area contributed by atoms with Crippen molar-refractivity contribution in [1.82, 2.24) is 30.0 Å². The predicted molar refractivity (Wildman–Crippen MR) is 88.6 cm³/mol. The summed E-state index contributed by atoms with van der Waals surface area (Å²) in [4.78, 5) is 16.7. The highest BCUT2D eigenvalue weighted by molar-refractivity contribution is 6.03. The van der Waals surface area contributed by atoms with Crippen molar-refractivity contribution in [2.75, 3.05) is 5.32 Å². The molecular formula is C16H13N7O2. The number of rotatable bonds is 4. The number of carbonyl (C=O) groups is 1. The van der Waals surface area contributed by atoms with Crippen LogP contribution in [-0.2, 0) is 0 Å². The van der Waals surface area contributed by atoms with Gasteiger partial charge in [0, 0.05) is 17.6 Å². The average Bonchev–Trinajstić information content (AvgIpc) is 3.27. The van der Waals surface area contributed by atoms with Crippen LogP contribution in [0.25, 0.3) is 5.65 Å². The minimum Gasteiger partial charge on any atom is -0.422 e. The maximum atomic E-state index is 12.4. The number of aromatic nitrogens is 6. The third kappa shape index (κ3) is 3.02. The Labute approximate surface area is 141 Å². The summed E-state index contributed by atoms with van der Waals surface area (Å²) in [6.45, 7) is 1.96. The number of aryl methyl sites for hydroxylation is 1. The molecule has 0 saturated heterocycles. The molecule has 25 heavy (non-hydrogen) atoms. The van der Waals surface area contributed by atoms with Gasteiger partial charge in [-0.15, -0.1) is 0 Å². The Balaban J connectivity index is 1.49. The Morgan fingerprint density at radius 3 is 2.76 bits per heavy atom. The lowest BCUT2D eigenvalue weighted by atomic mass is 10.3. The van der Waals surface area contributed by atoms with E-state index < -0.39 is 0 Å². The number of hydrogen-bond donors (Lipinski definition) is 2. The van der Waals surface area contributed by atoms with Gasteiger partial charge in [0.2, 0.25) is 0 Å². The molecule has 1 aromatic carbocycles. The van der Waals surface area contributed by atoms with Gasteiger partial charge in [0.25, 0.3) is 5.91 Å². The van der Waals surface area contributed by atoms with Crippen LogP contribution in [0.3, 0.4) is 0 Å². The number of H-pyrrole nitrogens is 1. The number of hydrogen-bond acceptors (Lipinski definition) is 6. The van der Waals surface area contributed by atoms with E-state index in [1.807, 2.05) is 29.5 Å². The molecular weight excluding hydrogens is 322 g/mol. The van der Waals surface area contributed by atoms with E-state index in [9.17, 15) is 4.79 Å². The van der Waals surface area contributed by atoms with Crippen LogP contribution in [-0.4, -0.2) is 35.9 Å². The molecule has 3 heterocycles. The van der Waals surface area contributed by atoms with Gasteiger partial charge in [-0.3, -0.25) is 4.79 Å². The molecule has 4 rings (SSSR count). The van der Waals surface area contributed by atoms with Gasteiger partial charge in [0.15, 0.2) is 0 Å². The number of benzene rings is 1. The van der Waals surface area contributed by atoms with Crippen LogP contribution in [0.2, 0.25) is 0 Å². The zero-order chi connectivity index (χ0) is 17.2. The van der Waals surface area contributed by atoms with E-state index in [-0.39, 0.29) is 11.9 Å². The summed E-state index contributed by atoms with van der Waals surface area (Å²) < 4.78 is 7.24. The molecule has 4 aromatic rings. The van der Waals surface area contributed by atoms with Gasteiger partial charge in [-0.05, 0) is 48.5 Å². The van der Waals surface area contributed by atoms with E-state index >= 15 is 0 Å². The molecule has 2 N–H and O–H groups in total. The highest BCUT2D eigenvalue weighted by atomic mass is 16.5. The topological polar surface area (TPSA) is 110 Å². The summed E-state index contributed by atoms with van der Waals surface area (Å²) in [5.74, 6) is 0.248. The highest BCUT2D eigenvalue weighted by Crippen LogP contribution is 2.20. The Kier molecular flexibility index (Phi) is 3.58. The van der Waals surface area contributed by atoms with Crippen LogP contribution in [0.5, 0.6) is 11.8 Å². The van der Waals surface area contributed by atoms with Crippen LogP contribution in [0.1, 0.15) is 16.2 Å². The Morgan fingerprint density at radius 2 is 2.04 bits per heavy atom. The molecule has 0 unspecified atom stereocenters. The summed E-state index contributed by atoms with van der Waals surface area (Å²) in [7, 11) is 0. The number of pyridine rings is 1. The number of fused-ring (bicyclic) bond motifs is 1. The molecule has 124 valence electrons. The monoisotopic (exact) mass is 335 g/mol. The first-order valence-corrected chi connectivity index (χ1v) is 7.46. The van der Waals surface area contributed by atoms with Crippen molar-refractivity contribution in [3.8, 4) is 11.8 Å². The number of carbonyl (C=O) groups excluding carboxylic acids is 1. The number of tetrazole rings is 1. The fourth-order valence-electron chi connectivity index (χ4n) is 2.36. The maximum Gasteiger partial charge on any atom is 0.361 e. The Hall–Kier alpha value is -3.75. The van der Waals surface area contributed by atoms with E-state index in [1.165, 1.54) is 0 Å². The van der Waals surface area contributed by atoms with Gasteiger partial charge in [-0.1, -0.05) is 16.3 Å². The van der Waals surface area contributed by atoms with Crippen molar-refractivity contribution >= 4 is 17.2 Å². The van der Waals surface area contributed by atoms with Crippen molar-refractivity contribution in [3.05, 3.63) is 60.0 Å². The lowest BCUT2D eigenvalue weighted by Crippen LogP contribution is -2.12. The molecule has 0 saturated carbocycles. The number of amides is 1. The molecule has 1 amide bonds. The maximum absolute atomic E-state index is 12.4. The second-order valence-electron chi connectivity index (χ2n) is 5.30. The molecule has 0 atom stereocenters. The van der Waals surface area contributed by atoms with Crippen LogP contribution in [0, 0.1) is 6.92 Å². The van der Waals surface area contributed by atoms with Crippen LogP contribution >= 0.6 is 0 Å². The largest absolute Gasteiger partial charge is 0.422 e. The average molecular weight is 335 g/mol. The fraction of sp³-hybridized carbons (Fsp3) is 0.0625. The van der Waals surface area contributed by atoms with E-state index in [2.05, 4.69) is 30.9 Å². The van der Waals surface area contributed by atoms with Crippen molar-refractivity contribution in [2.24, 2.45) is 0 Å². The first kappa shape index (κ1) is 14.8. The zero-order valence-corrected chi connectivity index (χ0v) is 13.2. The minimum atomic E-state index is -0.282. The van der Waals surface area contributed by atoms with E-state index in [0.29, 0.717) is 17.1 Å². The van der Waals surface area contributed by atoms with Gasteiger partial charge in [-0.25, -0.2) is 4.98 Å². The second kappa shape index (κ2) is 6.04. The number of imidazole rings is 1. The van der Waals surface area contributed by atoms with E-state index in [0.717, 1.165) is 11.3 Å². The molecule has 0 aliphatic carbocycles. The summed E-state index contributed by atoms with van der Waals surface area (Å²) >= 11 is 0. The standard InChI is InChI=1S/C16H13N7O2/c1-10-3-2-4-14-18-13(9-23(10)14)15(24)17-11-5-7-12(8-6-11)25-16-19-21-22-20-16/h2-9H,1H3,(H,17,24)(H,19,20,21,22). The summed E-state index contributed by atoms with van der Waals surface area (Å²) in [6.07, 6.45) is 1.72. The number of ether oxygens (including phenoxy) is 1. The third-order valence-corrected chi connectivity index (χ3v) is 3.58. The number of nitrogens with zero attached hydrogens (tertiary/aromatic N) is 5. The summed E-state index contributed by atoms with van der Waals surface area (Å²) in [5, 5.41) is 15.9. The highest BCUT2D eigenvalue weighted by Gasteiger charge is 2.12. The number of anilines is 1. The lowest BCUT2D eigenvalue weighted by Gasteiger charge is -2.04. The smallest absolute Gasteiger partial charge is 0.361 e. The first-order valence-electron chi connectivity index (χ1n) is 7.46. The molecule has 0 spiro atoms. The Bertz CT molecular complexity index is 1020. The minimum absolute atomic E-state index is 0.122. The Morgan fingerprint density at radius 1 is 1.20 bits per heavy atom. The molecule has 0 radical (unpaired) electrons. The molecule has 0 fully saturated rings. The number of nitrogens with one attached hydrogen (secondary N) is 2. The first-order chi connectivity index (χ1) is 12.2. The lowest BCUT2D eigenvalue weighted by molar-refractivity contribution is 0.102. The van der Waals surface area contributed by atoms with Gasteiger partial charge >= 0.3 is 6.01 Å². The van der Waals surface area contributed by atoms with Crippen LogP contribution in [0.4, 0.5) is 5.69 Å². The molecule has 0 bridgehead atoms. The molecule has 9 heteroatoms. The second-order valence-corrected chi connectivity index (χ2v) is 5.30. The molecule has 0 aliphatic rings. The summed E-state index contributed by atoms with van der Waals surface area (Å²) in [5.41, 5.74) is 2.71. The van der Waals surface area contributed by atoms with Crippen molar-refractivity contribution in [3.63, 3.8) is 0 Å². The van der Waals surface area contributed by atoms with E-state index in [1.54, 1.807) is 30.5 Å². The molecule has 0 aliphatic heterocycles. The summed E-state index contributed by atoms with van der Waals surface area (Å²) in [6, 6.07) is 12.7. The van der Waals surface area contributed by atoms with Gasteiger partial charge in [0.05, 0.1) is 0 Å². The quantitative estimate of drug-likeness (QED) is 0.591. The van der Waals surface area contributed by atoms with Crippen LogP contribution in [0.15, 0.2) is 48.7 Å². The van der Waals surface area contributed by atoms with Gasteiger partial charge < -0.3 is 14.5 Å². The predicted octanol–water partition coefficient (Wildman–Crippen LogP) is 2.20. The fourth-order valence-corrected chi connectivity index (χ4v) is 2.36. The van der Waals surface area contributed by atoms with Gasteiger partial charge in [0.1, 0.15) is 17.1 Å². The van der Waals surface area contributed by atoms with Crippen molar-refractivity contribution in [1.29, 1.82) is 0 Å². The van der Waals surface area contributed by atoms with Crippen LogP contribution < -0.4 is 10.1 Å². The number of aromatic amines is 1. The normalized spacial score (nSPS) is 10.8. The van der Waals surface area contributed by atoms with Crippen molar-refractivity contribution < 1.29 is 9.53 Å². The third-order valence-electron chi connectivity index (χ3n) is 3.58. The van der Waals surface area contributed by atoms with E-state index in [4.69, 9.17) is 4.74 Å². The molecule has 9 nitrogen and oxygen atoms in total.